The number of nitrogens with zero attached hydrogens (tertiary/aromatic N) is 1. The summed E-state index contributed by atoms with van der Waals surface area (Å²) >= 11 is 0. The molecule has 1 N–H and O–H groups in total. The summed E-state index contributed by atoms with van der Waals surface area (Å²) in [7, 11) is -2.31. The van der Waals surface area contributed by atoms with Gasteiger partial charge in [0.05, 0.1) is 17.9 Å². The van der Waals surface area contributed by atoms with Crippen molar-refractivity contribution in [1.82, 2.24) is 4.90 Å². The monoisotopic (exact) mass is 508 g/mol. The van der Waals surface area contributed by atoms with Gasteiger partial charge in [0.1, 0.15) is 12.5 Å². The highest BCUT2D eigenvalue weighted by Gasteiger charge is 2.29. The van der Waals surface area contributed by atoms with E-state index in [1.165, 1.54) is 0 Å². The van der Waals surface area contributed by atoms with E-state index in [0.29, 0.717) is 43.8 Å². The van der Waals surface area contributed by atoms with Gasteiger partial charge >= 0.3 is 0 Å². The Bertz CT molecular complexity index is 817. The van der Waals surface area contributed by atoms with Crippen LogP contribution < -0.4 is 10.1 Å². The molecule has 2 heterocycles. The molecule has 0 bridgehead atoms. The Hall–Kier alpha value is -1.40. The number of benzene rings is 1. The smallest absolute Gasteiger partial charge is 0.259 e. The minimum Gasteiger partial charge on any atom is -0.465 e. The molecule has 1 aromatic rings. The third kappa shape index (κ3) is 8.37. The molecule has 0 unspecified atom stereocenters. The van der Waals surface area contributed by atoms with Gasteiger partial charge in [-0.15, -0.1) is 0 Å². The summed E-state index contributed by atoms with van der Waals surface area (Å²) in [6, 6.07) is 6.30. The van der Waals surface area contributed by atoms with Gasteiger partial charge in [-0.05, 0) is 48.5 Å². The number of hydrogen-bond acceptors (Lipinski definition) is 6. The van der Waals surface area contributed by atoms with Crippen molar-refractivity contribution >= 4 is 27.7 Å². The minimum absolute atomic E-state index is 0.0137. The zero-order valence-corrected chi connectivity index (χ0v) is 24.0. The lowest BCUT2D eigenvalue weighted by molar-refractivity contribution is 0.0207. The summed E-state index contributed by atoms with van der Waals surface area (Å²) < 4.78 is 23.3. The van der Waals surface area contributed by atoms with E-state index in [0.717, 1.165) is 49.4 Å². The zero-order valence-electron chi connectivity index (χ0n) is 22.0. The third-order valence-corrected chi connectivity index (χ3v) is 9.73. The normalized spacial score (nSPS) is 17.5. The van der Waals surface area contributed by atoms with Gasteiger partial charge < -0.3 is 24.3 Å². The van der Waals surface area contributed by atoms with Crippen LogP contribution in [0.4, 0.5) is 5.69 Å². The number of fused-ring (bicyclic) bond motifs is 1. The Morgan fingerprint density at radius 1 is 1.00 bits per heavy atom. The van der Waals surface area contributed by atoms with E-state index in [9.17, 15) is 4.79 Å². The first-order valence-electron chi connectivity index (χ1n) is 12.6. The molecular formula is C25H44N2O5Si2. The maximum atomic E-state index is 13.4. The van der Waals surface area contributed by atoms with Crippen LogP contribution in [-0.2, 0) is 14.2 Å². The van der Waals surface area contributed by atoms with Crippen LogP contribution in [-0.4, -0.2) is 73.6 Å². The van der Waals surface area contributed by atoms with Gasteiger partial charge in [-0.25, -0.2) is 0 Å². The average Bonchev–Trinajstić information content (AvgIpc) is 2.77. The van der Waals surface area contributed by atoms with Gasteiger partial charge in [-0.2, -0.15) is 0 Å². The Balaban J connectivity index is 1.70. The molecule has 1 fully saturated rings. The van der Waals surface area contributed by atoms with Crippen LogP contribution in [0.15, 0.2) is 12.1 Å². The molecule has 0 radical (unpaired) electrons. The highest BCUT2D eigenvalue weighted by atomic mass is 28.3. The maximum Gasteiger partial charge on any atom is 0.259 e. The quantitative estimate of drug-likeness (QED) is 0.231. The molecule has 7 nitrogen and oxygen atoms in total. The molecule has 0 atom stereocenters. The van der Waals surface area contributed by atoms with Gasteiger partial charge in [-0.3, -0.25) is 9.69 Å². The van der Waals surface area contributed by atoms with Crippen molar-refractivity contribution in [3.05, 3.63) is 23.3 Å². The number of carbonyl (C=O) groups excluding carboxylic acids is 1. The molecule has 9 heteroatoms. The van der Waals surface area contributed by atoms with E-state index in [4.69, 9.17) is 18.9 Å². The molecule has 2 aliphatic heterocycles. The van der Waals surface area contributed by atoms with Gasteiger partial charge in [0, 0.05) is 42.6 Å². The van der Waals surface area contributed by atoms with Crippen LogP contribution in [0.3, 0.4) is 0 Å². The van der Waals surface area contributed by atoms with E-state index < -0.39 is 16.1 Å². The van der Waals surface area contributed by atoms with Crippen LogP contribution in [0.25, 0.3) is 0 Å². The van der Waals surface area contributed by atoms with Gasteiger partial charge in [-0.1, -0.05) is 39.3 Å². The number of ether oxygens (including phenoxy) is 4. The highest BCUT2D eigenvalue weighted by Crippen LogP contribution is 2.38. The molecular weight excluding hydrogens is 464 g/mol. The van der Waals surface area contributed by atoms with Gasteiger partial charge in [0.2, 0.25) is 0 Å². The molecule has 3 rings (SSSR count). The Labute approximate surface area is 207 Å². The molecule has 1 aromatic carbocycles. The number of rotatable bonds is 12. The largest absolute Gasteiger partial charge is 0.465 e. The lowest BCUT2D eigenvalue weighted by Crippen LogP contribution is -2.42. The highest BCUT2D eigenvalue weighted by molar-refractivity contribution is 6.76. The standard InChI is InChI=1S/C25H44N2O5Si2/c1-33(2,3)13-11-30-18-27-17-26-24-22(25(27)28)15-21(20-7-9-29-10-8-20)16-23(24)32-19-31-12-14-34(4,5)6/h15-16,20,26H,7-14,17-19H2,1-6H3. The second-order valence-corrected chi connectivity index (χ2v) is 23.1. The lowest BCUT2D eigenvalue weighted by Gasteiger charge is -2.32. The fourth-order valence-corrected chi connectivity index (χ4v) is 5.50. The van der Waals surface area contributed by atoms with E-state index >= 15 is 0 Å². The predicted octanol–water partition coefficient (Wildman–Crippen LogP) is 5.41. The first-order chi connectivity index (χ1) is 16.0. The van der Waals surface area contributed by atoms with Crippen LogP contribution in [0, 0.1) is 0 Å². The summed E-state index contributed by atoms with van der Waals surface area (Å²) in [6.45, 7) is 17.8. The van der Waals surface area contributed by atoms with Gasteiger partial charge in [0.15, 0.2) is 6.79 Å². The summed E-state index contributed by atoms with van der Waals surface area (Å²) in [6.07, 6.45) is 1.91. The van der Waals surface area contributed by atoms with Crippen molar-refractivity contribution in [3.8, 4) is 5.75 Å². The number of anilines is 1. The first kappa shape index (κ1) is 27.2. The van der Waals surface area contributed by atoms with Crippen molar-refractivity contribution in [3.63, 3.8) is 0 Å². The molecule has 0 aliphatic carbocycles. The second-order valence-electron chi connectivity index (χ2n) is 11.8. The molecule has 34 heavy (non-hydrogen) atoms. The lowest BCUT2D eigenvalue weighted by atomic mass is 9.89. The van der Waals surface area contributed by atoms with Gasteiger partial charge in [0.25, 0.3) is 5.91 Å². The zero-order chi connectivity index (χ0) is 24.8. The second kappa shape index (κ2) is 12.0. The van der Waals surface area contributed by atoms with E-state index in [-0.39, 0.29) is 12.7 Å². The van der Waals surface area contributed by atoms with E-state index in [2.05, 4.69) is 50.7 Å². The molecule has 0 spiro atoms. The molecule has 2 aliphatic rings. The summed E-state index contributed by atoms with van der Waals surface area (Å²) in [5.41, 5.74) is 2.55. The number of hydrogen-bond donors (Lipinski definition) is 1. The molecule has 0 saturated carbocycles. The van der Waals surface area contributed by atoms with Crippen LogP contribution in [0.2, 0.25) is 51.4 Å². The summed E-state index contributed by atoms with van der Waals surface area (Å²) in [5, 5.41) is 3.40. The SMILES string of the molecule is C[Si](C)(C)CCOCOc1cc(C2CCOCC2)cc2c1NCN(COCC[Si](C)(C)C)C2=O. The number of carbonyl (C=O) groups is 1. The summed E-state index contributed by atoms with van der Waals surface area (Å²) in [5.74, 6) is 1.05. The number of amides is 1. The molecule has 0 aromatic heterocycles. The van der Waals surface area contributed by atoms with E-state index in [1.54, 1.807) is 4.90 Å². The van der Waals surface area contributed by atoms with Crippen molar-refractivity contribution < 1.29 is 23.7 Å². The molecule has 1 amide bonds. The third-order valence-electron chi connectivity index (χ3n) is 6.32. The Morgan fingerprint density at radius 3 is 2.29 bits per heavy atom. The minimum atomic E-state index is -1.16. The predicted molar refractivity (Wildman–Crippen MR) is 142 cm³/mol. The van der Waals surface area contributed by atoms with Crippen molar-refractivity contribution in [2.75, 3.05) is 51.9 Å². The van der Waals surface area contributed by atoms with Crippen LogP contribution in [0.1, 0.15) is 34.7 Å². The average molecular weight is 509 g/mol. The molecule has 1 saturated heterocycles. The van der Waals surface area contributed by atoms with Crippen LogP contribution in [0.5, 0.6) is 5.75 Å². The van der Waals surface area contributed by atoms with Crippen molar-refractivity contribution in [1.29, 1.82) is 0 Å². The Kier molecular flexibility index (Phi) is 9.62. The number of nitrogens with one attached hydrogen (secondary N) is 1. The summed E-state index contributed by atoms with van der Waals surface area (Å²) in [4.78, 5) is 15.1. The van der Waals surface area contributed by atoms with Crippen LogP contribution >= 0.6 is 0 Å². The first-order valence-corrected chi connectivity index (χ1v) is 20.0. The topological polar surface area (TPSA) is 69.3 Å². The van der Waals surface area contributed by atoms with Crippen molar-refractivity contribution in [2.24, 2.45) is 0 Å². The molecule has 192 valence electrons. The fourth-order valence-electron chi connectivity index (χ4n) is 3.98. The van der Waals surface area contributed by atoms with E-state index in [1.807, 2.05) is 6.07 Å². The Morgan fingerprint density at radius 2 is 1.65 bits per heavy atom. The maximum absolute atomic E-state index is 13.4. The fraction of sp³-hybridized carbons (Fsp3) is 0.720. The van der Waals surface area contributed by atoms with Crippen molar-refractivity contribution in [2.45, 2.75) is 70.1 Å².